The van der Waals surface area contributed by atoms with Crippen molar-refractivity contribution in [2.75, 3.05) is 4.90 Å². The summed E-state index contributed by atoms with van der Waals surface area (Å²) in [5.41, 5.74) is 3.07. The topological polar surface area (TPSA) is 71.4 Å². The number of hydrogen-bond acceptors (Lipinski definition) is 3. The van der Waals surface area contributed by atoms with Gasteiger partial charge in [-0.3, -0.25) is 14.9 Å². The monoisotopic (exact) mass is 359 g/mol. The summed E-state index contributed by atoms with van der Waals surface area (Å²) >= 11 is 0. The van der Waals surface area contributed by atoms with Crippen LogP contribution in [0.1, 0.15) is 11.1 Å². The van der Waals surface area contributed by atoms with E-state index in [0.717, 1.165) is 26.9 Å². The summed E-state index contributed by atoms with van der Waals surface area (Å²) in [4.78, 5) is 38.5. The van der Waals surface area contributed by atoms with E-state index in [1.807, 2.05) is 49.0 Å². The van der Waals surface area contributed by atoms with Crippen LogP contribution in [0.3, 0.4) is 0 Å². The second-order valence-corrected chi connectivity index (χ2v) is 6.51. The zero-order chi connectivity index (χ0) is 19.1. The van der Waals surface area contributed by atoms with Crippen molar-refractivity contribution in [3.63, 3.8) is 0 Å². The van der Waals surface area contributed by atoms with Crippen molar-refractivity contribution < 1.29 is 14.4 Å². The molecule has 1 fully saturated rings. The lowest BCUT2D eigenvalue weighted by Crippen LogP contribution is -2.54. The minimum Gasteiger partial charge on any atom is -0.350 e. The molecule has 27 heavy (non-hydrogen) atoms. The summed E-state index contributed by atoms with van der Waals surface area (Å²) in [6, 6.07) is 13.9. The molecule has 1 N–H and O–H groups in total. The predicted molar refractivity (Wildman–Crippen MR) is 103 cm³/mol. The van der Waals surface area contributed by atoms with Crippen molar-refractivity contribution in [1.29, 1.82) is 0 Å². The number of fused-ring (bicyclic) bond motifs is 1. The number of amides is 4. The SMILES string of the molecule is Cc1ccc(N2C(=O)NC(=O)/C(=C/c3cn(C)c4ccccc34)C2=O)cc1. The molecule has 6 nitrogen and oxygen atoms in total. The lowest BCUT2D eigenvalue weighted by Gasteiger charge is -2.26. The number of para-hydroxylation sites is 1. The maximum absolute atomic E-state index is 12.9. The average molecular weight is 359 g/mol. The Morgan fingerprint density at radius 1 is 0.963 bits per heavy atom. The van der Waals surface area contributed by atoms with Gasteiger partial charge in [0.2, 0.25) is 0 Å². The molecule has 1 saturated heterocycles. The van der Waals surface area contributed by atoms with Crippen LogP contribution in [0.2, 0.25) is 0 Å². The molecular weight excluding hydrogens is 342 g/mol. The lowest BCUT2D eigenvalue weighted by atomic mass is 10.1. The zero-order valence-electron chi connectivity index (χ0n) is 14.9. The molecule has 0 unspecified atom stereocenters. The summed E-state index contributed by atoms with van der Waals surface area (Å²) in [5.74, 6) is -1.33. The van der Waals surface area contributed by atoms with Crippen LogP contribution in [0, 0.1) is 6.92 Å². The Kier molecular flexibility index (Phi) is 3.88. The Bertz CT molecular complexity index is 1120. The van der Waals surface area contributed by atoms with E-state index < -0.39 is 17.8 Å². The highest BCUT2D eigenvalue weighted by Crippen LogP contribution is 2.26. The molecule has 3 aromatic rings. The first-order valence-corrected chi connectivity index (χ1v) is 8.48. The van der Waals surface area contributed by atoms with E-state index in [0.29, 0.717) is 5.69 Å². The van der Waals surface area contributed by atoms with E-state index in [1.165, 1.54) is 6.08 Å². The number of imide groups is 2. The molecule has 0 aliphatic carbocycles. The lowest BCUT2D eigenvalue weighted by molar-refractivity contribution is -0.122. The molecule has 4 rings (SSSR count). The zero-order valence-corrected chi connectivity index (χ0v) is 14.9. The molecule has 1 aliphatic heterocycles. The number of barbiturate groups is 1. The molecule has 4 amide bonds. The highest BCUT2D eigenvalue weighted by Gasteiger charge is 2.36. The van der Waals surface area contributed by atoms with Gasteiger partial charge in [-0.1, -0.05) is 35.9 Å². The molecule has 1 aromatic heterocycles. The van der Waals surface area contributed by atoms with Gasteiger partial charge < -0.3 is 4.57 Å². The standard InChI is InChI=1S/C21H17N3O3/c1-13-7-9-15(10-8-13)24-20(26)17(19(25)22-21(24)27)11-14-12-23(2)18-6-4-3-5-16(14)18/h3-12H,1-2H3,(H,22,25,27)/b17-11-. The van der Waals surface area contributed by atoms with Crippen molar-refractivity contribution in [1.82, 2.24) is 9.88 Å². The van der Waals surface area contributed by atoms with E-state index in [2.05, 4.69) is 5.32 Å². The molecule has 0 saturated carbocycles. The van der Waals surface area contributed by atoms with Gasteiger partial charge in [0.15, 0.2) is 0 Å². The maximum Gasteiger partial charge on any atom is 0.335 e. The number of urea groups is 1. The van der Waals surface area contributed by atoms with Gasteiger partial charge in [0.05, 0.1) is 5.69 Å². The molecule has 0 radical (unpaired) electrons. The number of nitrogens with one attached hydrogen (secondary N) is 1. The Morgan fingerprint density at radius 3 is 2.41 bits per heavy atom. The van der Waals surface area contributed by atoms with Gasteiger partial charge in [-0.05, 0) is 31.2 Å². The molecule has 1 aliphatic rings. The quantitative estimate of drug-likeness (QED) is 0.564. The third-order valence-corrected chi connectivity index (χ3v) is 4.62. The van der Waals surface area contributed by atoms with Gasteiger partial charge in [-0.2, -0.15) is 0 Å². The van der Waals surface area contributed by atoms with Crippen LogP contribution in [0.4, 0.5) is 10.5 Å². The molecule has 6 heteroatoms. The number of nitrogens with zero attached hydrogens (tertiary/aromatic N) is 2. The summed E-state index contributed by atoms with van der Waals surface area (Å²) in [7, 11) is 1.90. The van der Waals surface area contributed by atoms with Crippen LogP contribution in [0.25, 0.3) is 17.0 Å². The summed E-state index contributed by atoms with van der Waals surface area (Å²) in [5, 5.41) is 3.17. The van der Waals surface area contributed by atoms with Gasteiger partial charge in [-0.15, -0.1) is 0 Å². The van der Waals surface area contributed by atoms with E-state index >= 15 is 0 Å². The largest absolute Gasteiger partial charge is 0.350 e. The number of aromatic nitrogens is 1. The van der Waals surface area contributed by atoms with E-state index in [1.54, 1.807) is 24.3 Å². The Labute approximate surface area is 155 Å². The third-order valence-electron chi connectivity index (χ3n) is 4.62. The van der Waals surface area contributed by atoms with Crippen LogP contribution in [-0.4, -0.2) is 22.4 Å². The minimum absolute atomic E-state index is 0.0773. The van der Waals surface area contributed by atoms with Crippen molar-refractivity contribution in [2.45, 2.75) is 6.92 Å². The average Bonchev–Trinajstić information content (AvgIpc) is 2.96. The number of hydrogen-bond donors (Lipinski definition) is 1. The first-order chi connectivity index (χ1) is 13.0. The normalized spacial score (nSPS) is 16.3. The van der Waals surface area contributed by atoms with Crippen LogP contribution in [-0.2, 0) is 16.6 Å². The number of carbonyl (C=O) groups excluding carboxylic acids is 3. The minimum atomic E-state index is -0.746. The molecular formula is C21H17N3O3. The molecule has 2 heterocycles. The number of aryl methyl sites for hydroxylation is 2. The fourth-order valence-corrected chi connectivity index (χ4v) is 3.23. The molecule has 0 bridgehead atoms. The maximum atomic E-state index is 12.9. The van der Waals surface area contributed by atoms with E-state index in [-0.39, 0.29) is 5.57 Å². The van der Waals surface area contributed by atoms with Crippen molar-refractivity contribution in [2.24, 2.45) is 7.05 Å². The molecule has 134 valence electrons. The van der Waals surface area contributed by atoms with Crippen molar-refractivity contribution >= 4 is 40.5 Å². The third kappa shape index (κ3) is 2.81. The number of carbonyl (C=O) groups is 3. The molecule has 2 aromatic carbocycles. The molecule has 0 spiro atoms. The van der Waals surface area contributed by atoms with Crippen LogP contribution >= 0.6 is 0 Å². The summed E-state index contributed by atoms with van der Waals surface area (Å²) in [6.45, 7) is 1.91. The van der Waals surface area contributed by atoms with Gasteiger partial charge in [0.1, 0.15) is 5.57 Å². The van der Waals surface area contributed by atoms with E-state index in [9.17, 15) is 14.4 Å². The first kappa shape index (κ1) is 16.8. The van der Waals surface area contributed by atoms with E-state index in [4.69, 9.17) is 0 Å². The fourth-order valence-electron chi connectivity index (χ4n) is 3.23. The predicted octanol–water partition coefficient (Wildman–Crippen LogP) is 3.15. The van der Waals surface area contributed by atoms with Crippen LogP contribution in [0.5, 0.6) is 0 Å². The number of benzene rings is 2. The van der Waals surface area contributed by atoms with Crippen LogP contribution in [0.15, 0.2) is 60.3 Å². The second-order valence-electron chi connectivity index (χ2n) is 6.51. The Balaban J connectivity index is 1.80. The summed E-state index contributed by atoms with van der Waals surface area (Å²) < 4.78 is 1.93. The van der Waals surface area contributed by atoms with Crippen molar-refractivity contribution in [3.05, 3.63) is 71.4 Å². The Morgan fingerprint density at radius 2 is 1.67 bits per heavy atom. The van der Waals surface area contributed by atoms with Gasteiger partial charge in [-0.25, -0.2) is 9.69 Å². The smallest absolute Gasteiger partial charge is 0.335 e. The number of rotatable bonds is 2. The van der Waals surface area contributed by atoms with Crippen molar-refractivity contribution in [3.8, 4) is 0 Å². The van der Waals surface area contributed by atoms with Gasteiger partial charge in [0.25, 0.3) is 11.8 Å². The summed E-state index contributed by atoms with van der Waals surface area (Å²) in [6.07, 6.45) is 3.39. The second kappa shape index (κ2) is 6.25. The molecule has 0 atom stereocenters. The first-order valence-electron chi connectivity index (χ1n) is 8.48. The van der Waals surface area contributed by atoms with Gasteiger partial charge >= 0.3 is 6.03 Å². The highest BCUT2D eigenvalue weighted by molar-refractivity contribution is 6.39. The van der Waals surface area contributed by atoms with Gasteiger partial charge in [0, 0.05) is 29.7 Å². The highest BCUT2D eigenvalue weighted by atomic mass is 16.2. The Hall–Kier alpha value is -3.67. The number of anilines is 1. The fraction of sp³-hybridized carbons (Fsp3) is 0.0952. The van der Waals surface area contributed by atoms with Crippen LogP contribution < -0.4 is 10.2 Å².